The number of rotatable bonds is 5. The molecule has 0 unspecified atom stereocenters. The first-order chi connectivity index (χ1) is 13.1. The number of carbonyl (C=O) groups is 3. The van der Waals surface area contributed by atoms with E-state index in [0.717, 1.165) is 19.3 Å². The maximum atomic E-state index is 12.4. The summed E-state index contributed by atoms with van der Waals surface area (Å²) in [7, 11) is 0. The molecule has 138 valence electrons. The molecule has 0 bridgehead atoms. The lowest BCUT2D eigenvalue weighted by atomic mass is 9.87. The van der Waals surface area contributed by atoms with Crippen molar-refractivity contribution in [1.82, 2.24) is 10.2 Å². The van der Waals surface area contributed by atoms with Crippen molar-refractivity contribution in [2.24, 2.45) is 0 Å². The second-order valence-corrected chi connectivity index (χ2v) is 7.12. The molecule has 5 heteroatoms. The minimum atomic E-state index is -0.266. The molecule has 3 amide bonds. The van der Waals surface area contributed by atoms with Crippen LogP contribution in [0, 0.1) is 0 Å². The summed E-state index contributed by atoms with van der Waals surface area (Å²) < 4.78 is 0. The SMILES string of the molecule is O=C(CCCN1C(=O)c2ccccc2C1=O)N[C@@H]1CCCc2ccccc21. The quantitative estimate of drug-likeness (QED) is 0.830. The van der Waals surface area contributed by atoms with Gasteiger partial charge in [0.15, 0.2) is 0 Å². The normalized spacial score (nSPS) is 18.2. The van der Waals surface area contributed by atoms with Crippen molar-refractivity contribution in [2.75, 3.05) is 6.54 Å². The minimum Gasteiger partial charge on any atom is -0.349 e. The van der Waals surface area contributed by atoms with Crippen LogP contribution in [0.1, 0.15) is 63.6 Å². The Hall–Kier alpha value is -2.95. The lowest BCUT2D eigenvalue weighted by Gasteiger charge is -2.26. The highest BCUT2D eigenvalue weighted by molar-refractivity contribution is 6.21. The van der Waals surface area contributed by atoms with Gasteiger partial charge in [-0.25, -0.2) is 0 Å². The largest absolute Gasteiger partial charge is 0.349 e. The van der Waals surface area contributed by atoms with Crippen molar-refractivity contribution < 1.29 is 14.4 Å². The zero-order valence-corrected chi connectivity index (χ0v) is 15.1. The van der Waals surface area contributed by atoms with Crippen molar-refractivity contribution in [3.05, 3.63) is 70.8 Å². The molecule has 5 nitrogen and oxygen atoms in total. The second-order valence-electron chi connectivity index (χ2n) is 7.12. The fourth-order valence-electron chi connectivity index (χ4n) is 4.01. The molecule has 1 aliphatic heterocycles. The van der Waals surface area contributed by atoms with E-state index in [1.54, 1.807) is 24.3 Å². The van der Waals surface area contributed by atoms with E-state index in [1.807, 2.05) is 12.1 Å². The highest BCUT2D eigenvalue weighted by Crippen LogP contribution is 2.29. The van der Waals surface area contributed by atoms with Crippen molar-refractivity contribution >= 4 is 17.7 Å². The van der Waals surface area contributed by atoms with Crippen LogP contribution in [0.4, 0.5) is 0 Å². The Morgan fingerprint density at radius 2 is 1.67 bits per heavy atom. The monoisotopic (exact) mass is 362 g/mol. The lowest BCUT2D eigenvalue weighted by molar-refractivity contribution is -0.122. The molecule has 2 aromatic rings. The van der Waals surface area contributed by atoms with E-state index >= 15 is 0 Å². The number of nitrogens with one attached hydrogen (secondary N) is 1. The summed E-state index contributed by atoms with van der Waals surface area (Å²) in [5.41, 5.74) is 3.41. The maximum absolute atomic E-state index is 12.4. The lowest BCUT2D eigenvalue weighted by Crippen LogP contribution is -2.33. The molecule has 0 saturated heterocycles. The van der Waals surface area contributed by atoms with Gasteiger partial charge < -0.3 is 5.32 Å². The van der Waals surface area contributed by atoms with E-state index < -0.39 is 0 Å². The van der Waals surface area contributed by atoms with Crippen LogP contribution in [0.15, 0.2) is 48.5 Å². The van der Waals surface area contributed by atoms with E-state index in [0.29, 0.717) is 24.0 Å². The van der Waals surface area contributed by atoms with Crippen molar-refractivity contribution in [3.63, 3.8) is 0 Å². The van der Waals surface area contributed by atoms with Crippen molar-refractivity contribution in [3.8, 4) is 0 Å². The van der Waals surface area contributed by atoms with Gasteiger partial charge in [0.1, 0.15) is 0 Å². The third kappa shape index (κ3) is 3.37. The van der Waals surface area contributed by atoms with Crippen LogP contribution in [0.25, 0.3) is 0 Å². The predicted molar refractivity (Wildman–Crippen MR) is 101 cm³/mol. The molecule has 0 fully saturated rings. The molecule has 0 radical (unpaired) electrons. The Morgan fingerprint density at radius 1 is 1.00 bits per heavy atom. The van der Waals surface area contributed by atoms with Gasteiger partial charge in [-0.2, -0.15) is 0 Å². The molecule has 4 rings (SSSR count). The first-order valence-corrected chi connectivity index (χ1v) is 9.47. The van der Waals surface area contributed by atoms with Gasteiger partial charge in [0, 0.05) is 13.0 Å². The van der Waals surface area contributed by atoms with Gasteiger partial charge in [-0.3, -0.25) is 19.3 Å². The van der Waals surface area contributed by atoms with E-state index in [-0.39, 0.29) is 30.3 Å². The summed E-state index contributed by atoms with van der Waals surface area (Å²) in [6, 6.07) is 15.1. The first-order valence-electron chi connectivity index (χ1n) is 9.47. The molecule has 2 aromatic carbocycles. The molecule has 0 aromatic heterocycles. The summed E-state index contributed by atoms with van der Waals surface area (Å²) in [6.45, 7) is 0.265. The minimum absolute atomic E-state index is 0.0340. The van der Waals surface area contributed by atoms with Gasteiger partial charge in [0.25, 0.3) is 11.8 Å². The number of nitrogens with zero attached hydrogens (tertiary/aromatic N) is 1. The van der Waals surface area contributed by atoms with Crippen molar-refractivity contribution in [1.29, 1.82) is 0 Å². The van der Waals surface area contributed by atoms with Crippen LogP contribution in [0.2, 0.25) is 0 Å². The molecule has 1 aliphatic carbocycles. The van der Waals surface area contributed by atoms with E-state index in [2.05, 4.69) is 17.4 Å². The number of carbonyl (C=O) groups excluding carboxylic acids is 3. The summed E-state index contributed by atoms with van der Waals surface area (Å²) in [5.74, 6) is -0.567. The van der Waals surface area contributed by atoms with Crippen LogP contribution >= 0.6 is 0 Å². The number of fused-ring (bicyclic) bond motifs is 2. The Balaban J connectivity index is 1.31. The van der Waals surface area contributed by atoms with Gasteiger partial charge >= 0.3 is 0 Å². The highest BCUT2D eigenvalue weighted by atomic mass is 16.2. The van der Waals surface area contributed by atoms with Gasteiger partial charge in [0.05, 0.1) is 17.2 Å². The molecule has 1 atom stereocenters. The fourth-order valence-corrected chi connectivity index (χ4v) is 4.01. The van der Waals surface area contributed by atoms with E-state index in [9.17, 15) is 14.4 Å². The Kier molecular flexibility index (Phi) is 4.75. The number of imide groups is 1. The van der Waals surface area contributed by atoms with Crippen LogP contribution < -0.4 is 5.32 Å². The van der Waals surface area contributed by atoms with Crippen molar-refractivity contribution in [2.45, 2.75) is 38.1 Å². The fraction of sp³-hybridized carbons (Fsp3) is 0.318. The zero-order chi connectivity index (χ0) is 18.8. The molecule has 0 spiro atoms. The summed E-state index contributed by atoms with van der Waals surface area (Å²) in [5, 5.41) is 3.11. The van der Waals surface area contributed by atoms with Crippen LogP contribution in [-0.2, 0) is 11.2 Å². The molecular weight excluding hydrogens is 340 g/mol. The van der Waals surface area contributed by atoms with E-state index in [4.69, 9.17) is 0 Å². The van der Waals surface area contributed by atoms with Crippen LogP contribution in [0.3, 0.4) is 0 Å². The summed E-state index contributed by atoms with van der Waals surface area (Å²) >= 11 is 0. The van der Waals surface area contributed by atoms with Crippen LogP contribution in [-0.4, -0.2) is 29.2 Å². The van der Waals surface area contributed by atoms with Crippen LogP contribution in [0.5, 0.6) is 0 Å². The number of benzene rings is 2. The molecular formula is C22H22N2O3. The predicted octanol–water partition coefficient (Wildman–Crippen LogP) is 3.26. The van der Waals surface area contributed by atoms with Gasteiger partial charge in [-0.15, -0.1) is 0 Å². The maximum Gasteiger partial charge on any atom is 0.261 e. The zero-order valence-electron chi connectivity index (χ0n) is 15.1. The van der Waals surface area contributed by atoms with E-state index in [1.165, 1.54) is 16.0 Å². The standard InChI is InChI=1S/C22H22N2O3/c25-20(23-19-12-5-8-15-7-1-2-9-16(15)19)13-6-14-24-21(26)17-10-3-4-11-18(17)22(24)27/h1-4,7,9-11,19H,5-6,8,12-14H2,(H,23,25)/t19-/m1/s1. The summed E-state index contributed by atoms with van der Waals surface area (Å²) in [4.78, 5) is 38.3. The number of amides is 3. The molecule has 2 aliphatic rings. The average Bonchev–Trinajstić information content (AvgIpc) is 2.93. The Bertz CT molecular complexity index is 871. The number of hydrogen-bond acceptors (Lipinski definition) is 3. The number of hydrogen-bond donors (Lipinski definition) is 1. The third-order valence-electron chi connectivity index (χ3n) is 5.37. The molecule has 27 heavy (non-hydrogen) atoms. The Morgan fingerprint density at radius 3 is 2.41 bits per heavy atom. The van der Waals surface area contributed by atoms with Gasteiger partial charge in [-0.1, -0.05) is 36.4 Å². The Labute approximate surface area is 158 Å². The number of aryl methyl sites for hydroxylation is 1. The smallest absolute Gasteiger partial charge is 0.261 e. The summed E-state index contributed by atoms with van der Waals surface area (Å²) in [6.07, 6.45) is 3.83. The topological polar surface area (TPSA) is 66.5 Å². The molecule has 0 saturated carbocycles. The van der Waals surface area contributed by atoms with Gasteiger partial charge in [-0.05, 0) is 48.9 Å². The average molecular weight is 362 g/mol. The highest BCUT2D eigenvalue weighted by Gasteiger charge is 2.34. The third-order valence-corrected chi connectivity index (χ3v) is 5.37. The second kappa shape index (κ2) is 7.35. The molecule has 1 heterocycles. The molecule has 1 N–H and O–H groups in total. The first kappa shape index (κ1) is 17.5. The van der Waals surface area contributed by atoms with Gasteiger partial charge in [0.2, 0.25) is 5.91 Å².